The van der Waals surface area contributed by atoms with E-state index in [1.54, 1.807) is 35.6 Å². The van der Waals surface area contributed by atoms with Gasteiger partial charge in [0.15, 0.2) is 6.61 Å². The lowest BCUT2D eigenvalue weighted by Gasteiger charge is -2.11. The minimum Gasteiger partial charge on any atom is -0.452 e. The molecule has 1 amide bonds. The first-order chi connectivity index (χ1) is 11.7. The Labute approximate surface area is 144 Å². The number of aliphatic hydroxyl groups excluding tert-OH is 1. The van der Waals surface area contributed by atoms with E-state index in [4.69, 9.17) is 9.84 Å². The second kappa shape index (κ2) is 9.69. The topological polar surface area (TPSA) is 87.7 Å². The fourth-order valence-corrected chi connectivity index (χ4v) is 2.75. The third-order valence-corrected chi connectivity index (χ3v) is 4.12. The highest BCUT2D eigenvalue weighted by molar-refractivity contribution is 7.09. The van der Waals surface area contributed by atoms with Gasteiger partial charge < -0.3 is 20.5 Å². The van der Waals surface area contributed by atoms with Gasteiger partial charge in [-0.25, -0.2) is 4.79 Å². The second-order valence-corrected chi connectivity index (χ2v) is 5.98. The fourth-order valence-electron chi connectivity index (χ4n) is 2.05. The van der Waals surface area contributed by atoms with Gasteiger partial charge in [0, 0.05) is 23.7 Å². The SMILES string of the molecule is O=C(COC(=O)c1ccccc1NCCO)NCCc1cccs1. The van der Waals surface area contributed by atoms with Crippen LogP contribution in [0, 0.1) is 0 Å². The predicted octanol–water partition coefficient (Wildman–Crippen LogP) is 1.67. The molecule has 1 aromatic carbocycles. The van der Waals surface area contributed by atoms with E-state index >= 15 is 0 Å². The average Bonchev–Trinajstić information content (AvgIpc) is 3.11. The summed E-state index contributed by atoms with van der Waals surface area (Å²) in [6.45, 7) is 0.465. The number of thiophene rings is 1. The molecule has 0 saturated heterocycles. The van der Waals surface area contributed by atoms with Crippen molar-refractivity contribution in [3.8, 4) is 0 Å². The summed E-state index contributed by atoms with van der Waals surface area (Å²) in [6.07, 6.45) is 0.755. The smallest absolute Gasteiger partial charge is 0.340 e. The molecule has 0 unspecified atom stereocenters. The molecule has 1 aromatic heterocycles. The number of ether oxygens (including phenoxy) is 1. The standard InChI is InChI=1S/C17H20N2O4S/c20-10-9-18-15-6-2-1-5-14(15)17(22)23-12-16(21)19-8-7-13-4-3-11-24-13/h1-6,11,18,20H,7-10,12H2,(H,19,21). The van der Waals surface area contributed by atoms with E-state index in [9.17, 15) is 9.59 Å². The number of hydrogen-bond donors (Lipinski definition) is 3. The molecule has 0 bridgehead atoms. The molecule has 0 aliphatic rings. The van der Waals surface area contributed by atoms with Crippen LogP contribution in [0.4, 0.5) is 5.69 Å². The van der Waals surface area contributed by atoms with Crippen molar-refractivity contribution in [1.29, 1.82) is 0 Å². The van der Waals surface area contributed by atoms with Crippen LogP contribution < -0.4 is 10.6 Å². The van der Waals surface area contributed by atoms with Gasteiger partial charge in [0.25, 0.3) is 5.91 Å². The van der Waals surface area contributed by atoms with Crippen molar-refractivity contribution in [2.24, 2.45) is 0 Å². The first-order valence-electron chi connectivity index (χ1n) is 7.60. The van der Waals surface area contributed by atoms with E-state index in [1.165, 1.54) is 4.88 Å². The van der Waals surface area contributed by atoms with E-state index in [0.29, 0.717) is 24.3 Å². The van der Waals surface area contributed by atoms with Gasteiger partial charge in [-0.3, -0.25) is 4.79 Å². The predicted molar refractivity (Wildman–Crippen MR) is 93.3 cm³/mol. The first kappa shape index (κ1) is 18.0. The van der Waals surface area contributed by atoms with Crippen molar-refractivity contribution in [3.05, 3.63) is 52.2 Å². The third kappa shape index (κ3) is 5.68. The Bertz CT molecular complexity index is 658. The maximum Gasteiger partial charge on any atom is 0.340 e. The summed E-state index contributed by atoms with van der Waals surface area (Å²) in [5.74, 6) is -0.912. The molecule has 0 fully saturated rings. The number of esters is 1. The normalized spacial score (nSPS) is 10.2. The van der Waals surface area contributed by atoms with Crippen LogP contribution in [-0.2, 0) is 16.0 Å². The Kier molecular flexibility index (Phi) is 7.25. The maximum atomic E-state index is 12.1. The van der Waals surface area contributed by atoms with E-state index in [1.807, 2.05) is 17.5 Å². The minimum absolute atomic E-state index is 0.0456. The zero-order chi connectivity index (χ0) is 17.2. The molecular weight excluding hydrogens is 328 g/mol. The molecule has 128 valence electrons. The van der Waals surface area contributed by atoms with Crippen molar-refractivity contribution in [2.45, 2.75) is 6.42 Å². The molecule has 0 aliphatic carbocycles. The van der Waals surface area contributed by atoms with Gasteiger partial charge in [0.2, 0.25) is 0 Å². The van der Waals surface area contributed by atoms with Crippen LogP contribution in [0.1, 0.15) is 15.2 Å². The van der Waals surface area contributed by atoms with Crippen molar-refractivity contribution in [1.82, 2.24) is 5.32 Å². The highest BCUT2D eigenvalue weighted by Crippen LogP contribution is 2.15. The monoisotopic (exact) mass is 348 g/mol. The van der Waals surface area contributed by atoms with Crippen LogP contribution >= 0.6 is 11.3 Å². The Hall–Kier alpha value is -2.38. The average molecular weight is 348 g/mol. The molecule has 0 saturated carbocycles. The second-order valence-electron chi connectivity index (χ2n) is 4.95. The number of para-hydroxylation sites is 1. The number of amides is 1. The maximum absolute atomic E-state index is 12.1. The molecule has 2 rings (SSSR count). The van der Waals surface area contributed by atoms with E-state index in [0.717, 1.165) is 6.42 Å². The number of hydrogen-bond acceptors (Lipinski definition) is 6. The molecule has 0 atom stereocenters. The lowest BCUT2D eigenvalue weighted by molar-refractivity contribution is -0.124. The molecule has 6 nitrogen and oxygen atoms in total. The Morgan fingerprint density at radius 3 is 2.71 bits per heavy atom. The molecule has 3 N–H and O–H groups in total. The third-order valence-electron chi connectivity index (χ3n) is 3.18. The first-order valence-corrected chi connectivity index (χ1v) is 8.48. The summed E-state index contributed by atoms with van der Waals surface area (Å²) in [4.78, 5) is 25.0. The van der Waals surface area contributed by atoms with Crippen LogP contribution in [0.5, 0.6) is 0 Å². The number of carbonyl (C=O) groups is 2. The zero-order valence-corrected chi connectivity index (χ0v) is 14.0. The number of anilines is 1. The van der Waals surface area contributed by atoms with Crippen LogP contribution in [0.2, 0.25) is 0 Å². The van der Waals surface area contributed by atoms with E-state index in [2.05, 4.69) is 10.6 Å². The van der Waals surface area contributed by atoms with Gasteiger partial charge in [-0.05, 0) is 30.0 Å². The van der Waals surface area contributed by atoms with Crippen LogP contribution in [0.25, 0.3) is 0 Å². The van der Waals surface area contributed by atoms with Gasteiger partial charge in [0.1, 0.15) is 0 Å². The van der Waals surface area contributed by atoms with Gasteiger partial charge in [-0.15, -0.1) is 11.3 Å². The molecule has 0 spiro atoms. The summed E-state index contributed by atoms with van der Waals surface area (Å²) in [5.41, 5.74) is 0.895. The molecule has 7 heteroatoms. The number of nitrogens with one attached hydrogen (secondary N) is 2. The molecule has 24 heavy (non-hydrogen) atoms. The quantitative estimate of drug-likeness (QED) is 0.600. The summed E-state index contributed by atoms with van der Waals surface area (Å²) < 4.78 is 5.05. The summed E-state index contributed by atoms with van der Waals surface area (Å²) in [7, 11) is 0. The van der Waals surface area contributed by atoms with Crippen LogP contribution in [0.3, 0.4) is 0 Å². The van der Waals surface area contributed by atoms with Crippen molar-refractivity contribution in [2.75, 3.05) is 31.6 Å². The fraction of sp³-hybridized carbons (Fsp3) is 0.294. The number of aliphatic hydroxyl groups is 1. The lowest BCUT2D eigenvalue weighted by Crippen LogP contribution is -2.30. The van der Waals surface area contributed by atoms with E-state index in [-0.39, 0.29) is 19.1 Å². The number of carbonyl (C=O) groups excluding carboxylic acids is 2. The van der Waals surface area contributed by atoms with Gasteiger partial charge >= 0.3 is 5.97 Å². The summed E-state index contributed by atoms with van der Waals surface area (Å²) >= 11 is 1.64. The molecule has 0 radical (unpaired) electrons. The van der Waals surface area contributed by atoms with Crippen molar-refractivity contribution in [3.63, 3.8) is 0 Å². The zero-order valence-electron chi connectivity index (χ0n) is 13.2. The lowest BCUT2D eigenvalue weighted by atomic mass is 10.2. The molecule has 2 aromatic rings. The van der Waals surface area contributed by atoms with Crippen LogP contribution in [0.15, 0.2) is 41.8 Å². The number of benzene rings is 1. The Morgan fingerprint density at radius 1 is 1.12 bits per heavy atom. The van der Waals surface area contributed by atoms with Crippen LogP contribution in [-0.4, -0.2) is 43.3 Å². The van der Waals surface area contributed by atoms with Gasteiger partial charge in [-0.1, -0.05) is 18.2 Å². The molecular formula is C17H20N2O4S. The number of rotatable bonds is 9. The highest BCUT2D eigenvalue weighted by atomic mass is 32.1. The molecule has 1 heterocycles. The Balaban J connectivity index is 1.76. The minimum atomic E-state index is -0.579. The van der Waals surface area contributed by atoms with Gasteiger partial charge in [0.05, 0.1) is 12.2 Å². The Morgan fingerprint density at radius 2 is 1.96 bits per heavy atom. The summed E-state index contributed by atoms with van der Waals surface area (Å²) in [5, 5.41) is 16.5. The van der Waals surface area contributed by atoms with Crippen molar-refractivity contribution >= 4 is 28.9 Å². The van der Waals surface area contributed by atoms with Crippen molar-refractivity contribution < 1.29 is 19.4 Å². The van der Waals surface area contributed by atoms with Gasteiger partial charge in [-0.2, -0.15) is 0 Å². The highest BCUT2D eigenvalue weighted by Gasteiger charge is 2.13. The summed E-state index contributed by atoms with van der Waals surface area (Å²) in [6, 6.07) is 10.8. The molecule has 0 aliphatic heterocycles. The van der Waals surface area contributed by atoms with E-state index < -0.39 is 5.97 Å². The largest absolute Gasteiger partial charge is 0.452 e.